The number of anilines is 1. The molecular weight excluding hydrogens is 390 g/mol. The maximum Gasteiger partial charge on any atom is 0.135 e. The van der Waals surface area contributed by atoms with Gasteiger partial charge in [0.05, 0.1) is 34.3 Å². The smallest absolute Gasteiger partial charge is 0.135 e. The zero-order valence-electron chi connectivity index (χ0n) is 13.6. The van der Waals surface area contributed by atoms with Gasteiger partial charge >= 0.3 is 0 Å². The van der Waals surface area contributed by atoms with Crippen LogP contribution in [0.4, 0.5) is 5.00 Å². The third-order valence-electron chi connectivity index (χ3n) is 3.59. The molecule has 9 heteroatoms. The van der Waals surface area contributed by atoms with Gasteiger partial charge in [-0.2, -0.15) is 9.47 Å². The van der Waals surface area contributed by atoms with Crippen molar-refractivity contribution in [1.29, 1.82) is 0 Å². The number of imidazole rings is 1. The second-order valence-corrected chi connectivity index (χ2v) is 6.96. The minimum Gasteiger partial charge on any atom is -0.403 e. The van der Waals surface area contributed by atoms with Crippen LogP contribution in [0.3, 0.4) is 0 Å². The molecule has 0 aliphatic heterocycles. The third-order valence-corrected chi connectivity index (χ3v) is 5.69. The minimum atomic E-state index is -0.0252. The summed E-state index contributed by atoms with van der Waals surface area (Å²) in [5, 5.41) is 8.65. The minimum absolute atomic E-state index is 0.0252. The number of nitrogens with zero attached hydrogens (tertiary/aromatic N) is 5. The highest BCUT2D eigenvalue weighted by Crippen LogP contribution is 2.33. The Morgan fingerprint density at radius 2 is 2.21 bits per heavy atom. The zero-order chi connectivity index (χ0) is 17.3. The average Bonchev–Trinajstić information content (AvgIpc) is 3.23. The van der Waals surface area contributed by atoms with Crippen LogP contribution in [0.2, 0.25) is 0 Å². The van der Waals surface area contributed by atoms with E-state index in [4.69, 9.17) is 5.73 Å². The van der Waals surface area contributed by atoms with Crippen molar-refractivity contribution in [3.05, 3.63) is 40.8 Å². The summed E-state index contributed by atoms with van der Waals surface area (Å²) in [6.45, 7) is 4.02. The van der Waals surface area contributed by atoms with E-state index in [9.17, 15) is 0 Å². The Labute approximate surface area is 152 Å². The summed E-state index contributed by atoms with van der Waals surface area (Å²) in [6, 6.07) is -0.0252. The molecule has 0 aromatic carbocycles. The number of nitrogens with two attached hydrogens (primary N) is 1. The molecule has 126 valence electrons. The van der Waals surface area contributed by atoms with Gasteiger partial charge in [0.15, 0.2) is 0 Å². The number of nitrogens with one attached hydrogen (secondary N) is 1. The molecule has 1 unspecified atom stereocenters. The van der Waals surface area contributed by atoms with Gasteiger partial charge in [-0.15, -0.1) is 0 Å². The molecule has 0 saturated heterocycles. The zero-order valence-corrected chi connectivity index (χ0v) is 16.0. The van der Waals surface area contributed by atoms with E-state index in [1.165, 1.54) is 17.7 Å². The monoisotopic (exact) mass is 407 g/mol. The van der Waals surface area contributed by atoms with E-state index >= 15 is 0 Å². The first-order chi connectivity index (χ1) is 11.5. The first-order valence-electron chi connectivity index (χ1n) is 7.34. The maximum absolute atomic E-state index is 5.64. The predicted octanol–water partition coefficient (Wildman–Crippen LogP) is 3.37. The first-order valence-corrected chi connectivity index (χ1v) is 8.90. The Balaban J connectivity index is 1.95. The first kappa shape index (κ1) is 16.7. The van der Waals surface area contributed by atoms with E-state index in [0.717, 1.165) is 32.2 Å². The van der Waals surface area contributed by atoms with Crippen molar-refractivity contribution in [2.45, 2.75) is 19.9 Å². The molecule has 24 heavy (non-hydrogen) atoms. The molecule has 1 atom stereocenters. The van der Waals surface area contributed by atoms with Crippen LogP contribution in [-0.2, 0) is 7.05 Å². The van der Waals surface area contributed by atoms with Gasteiger partial charge < -0.3 is 11.1 Å². The van der Waals surface area contributed by atoms with Gasteiger partial charge in [-0.1, -0.05) is 0 Å². The average molecular weight is 408 g/mol. The summed E-state index contributed by atoms with van der Waals surface area (Å²) in [6.07, 6.45) is 8.89. The van der Waals surface area contributed by atoms with Gasteiger partial charge in [0.2, 0.25) is 0 Å². The highest BCUT2D eigenvalue weighted by atomic mass is 79.9. The second-order valence-electron chi connectivity index (χ2n) is 5.39. The lowest BCUT2D eigenvalue weighted by atomic mass is 10.2. The molecule has 3 heterocycles. The van der Waals surface area contributed by atoms with Crippen LogP contribution in [0.5, 0.6) is 0 Å². The Bertz CT molecular complexity index is 876. The van der Waals surface area contributed by atoms with Crippen molar-refractivity contribution in [2.24, 2.45) is 12.8 Å². The highest BCUT2D eigenvalue weighted by Gasteiger charge is 2.18. The molecule has 3 aromatic heterocycles. The van der Waals surface area contributed by atoms with Crippen molar-refractivity contribution in [3.8, 4) is 11.3 Å². The summed E-state index contributed by atoms with van der Waals surface area (Å²) >= 11 is 4.98. The van der Waals surface area contributed by atoms with Crippen LogP contribution in [0.1, 0.15) is 24.5 Å². The van der Waals surface area contributed by atoms with Crippen LogP contribution in [0.25, 0.3) is 17.5 Å². The maximum atomic E-state index is 5.64. The Morgan fingerprint density at radius 3 is 2.79 bits per heavy atom. The summed E-state index contributed by atoms with van der Waals surface area (Å²) < 4.78 is 9.05. The van der Waals surface area contributed by atoms with Crippen molar-refractivity contribution in [3.63, 3.8) is 0 Å². The van der Waals surface area contributed by atoms with Crippen molar-refractivity contribution in [2.75, 3.05) is 5.32 Å². The van der Waals surface area contributed by atoms with Crippen molar-refractivity contribution < 1.29 is 0 Å². The second kappa shape index (κ2) is 6.78. The fraction of sp³-hybridized carbons (Fsp3) is 0.267. The molecule has 0 amide bonds. The molecule has 0 radical (unpaired) electrons. The van der Waals surface area contributed by atoms with E-state index in [1.54, 1.807) is 10.9 Å². The largest absolute Gasteiger partial charge is 0.403 e. The highest BCUT2D eigenvalue weighted by molar-refractivity contribution is 9.10. The van der Waals surface area contributed by atoms with E-state index in [-0.39, 0.29) is 6.04 Å². The number of aromatic nitrogens is 5. The van der Waals surface area contributed by atoms with Gasteiger partial charge in [0.1, 0.15) is 10.8 Å². The van der Waals surface area contributed by atoms with Crippen LogP contribution in [0.15, 0.2) is 29.3 Å². The number of aryl methyl sites for hydroxylation is 2. The third kappa shape index (κ3) is 3.09. The van der Waals surface area contributed by atoms with Crippen LogP contribution in [0, 0.1) is 6.92 Å². The quantitative estimate of drug-likeness (QED) is 0.676. The van der Waals surface area contributed by atoms with E-state index in [2.05, 4.69) is 42.6 Å². The predicted molar refractivity (Wildman–Crippen MR) is 101 cm³/mol. The molecular formula is C15H18BrN7S. The van der Waals surface area contributed by atoms with E-state index < -0.39 is 0 Å². The van der Waals surface area contributed by atoms with Gasteiger partial charge in [-0.3, -0.25) is 9.25 Å². The summed E-state index contributed by atoms with van der Waals surface area (Å²) in [5.41, 5.74) is 8.52. The molecule has 0 saturated carbocycles. The molecule has 0 aliphatic rings. The van der Waals surface area contributed by atoms with Crippen LogP contribution in [-0.4, -0.2) is 23.7 Å². The number of rotatable bonds is 5. The topological polar surface area (TPSA) is 86.6 Å². The SMILES string of the molecule is Cc1nsc(NC(C)c2ncc(-c3cnn(C)c3)n2/C=C\N)c1Br. The summed E-state index contributed by atoms with van der Waals surface area (Å²) in [7, 11) is 1.89. The van der Waals surface area contributed by atoms with Gasteiger partial charge in [-0.25, -0.2) is 4.98 Å². The Morgan fingerprint density at radius 1 is 1.42 bits per heavy atom. The van der Waals surface area contributed by atoms with Gasteiger partial charge in [0, 0.05) is 31.2 Å². The Kier molecular flexibility index (Phi) is 4.72. The van der Waals surface area contributed by atoms with E-state index in [1.807, 2.05) is 37.1 Å². The van der Waals surface area contributed by atoms with Gasteiger partial charge in [-0.05, 0) is 41.3 Å². The number of hydrogen-bond acceptors (Lipinski definition) is 6. The fourth-order valence-corrected chi connectivity index (χ4v) is 3.73. The lowest BCUT2D eigenvalue weighted by molar-refractivity contribution is 0.767. The van der Waals surface area contributed by atoms with E-state index in [0.29, 0.717) is 0 Å². The molecule has 7 nitrogen and oxygen atoms in total. The number of halogens is 1. The molecule has 0 spiro atoms. The lowest BCUT2D eigenvalue weighted by Crippen LogP contribution is -2.11. The van der Waals surface area contributed by atoms with Crippen LogP contribution < -0.4 is 11.1 Å². The molecule has 3 rings (SSSR count). The molecule has 0 fully saturated rings. The van der Waals surface area contributed by atoms with Crippen LogP contribution >= 0.6 is 27.5 Å². The summed E-state index contributed by atoms with van der Waals surface area (Å²) in [5.74, 6) is 0.855. The standard InChI is InChI=1S/C15H18BrN7S/c1-9-13(16)15(24-21-9)20-10(2)14-18-7-12(23(14)5-4-17)11-6-19-22(3)8-11/h4-8,10,20H,17H2,1-3H3/b5-4-. The molecule has 0 bridgehead atoms. The fourth-order valence-electron chi connectivity index (χ4n) is 2.41. The molecule has 3 N–H and O–H groups in total. The molecule has 3 aromatic rings. The summed E-state index contributed by atoms with van der Waals surface area (Å²) in [4.78, 5) is 4.58. The molecule has 0 aliphatic carbocycles. The van der Waals surface area contributed by atoms with Gasteiger partial charge in [0.25, 0.3) is 0 Å². The number of hydrogen-bond donors (Lipinski definition) is 2. The Hall–Kier alpha value is -2.13. The normalized spacial score (nSPS) is 12.8. The van der Waals surface area contributed by atoms with Crippen molar-refractivity contribution in [1.82, 2.24) is 23.7 Å². The lowest BCUT2D eigenvalue weighted by Gasteiger charge is -2.15. The van der Waals surface area contributed by atoms with Crippen molar-refractivity contribution >= 4 is 38.7 Å².